The Hall–Kier alpha value is -0.900. The molecule has 0 aliphatic rings. The van der Waals surface area contributed by atoms with Crippen molar-refractivity contribution in [1.29, 1.82) is 0 Å². The van der Waals surface area contributed by atoms with E-state index >= 15 is 0 Å². The fourth-order valence-electron chi connectivity index (χ4n) is 1.30. The maximum absolute atomic E-state index is 5.44. The number of hydrogen-bond acceptors (Lipinski definition) is 3. The highest BCUT2D eigenvalue weighted by Gasteiger charge is 2.10. The number of nitrogens with two attached hydrogens (primary N) is 1. The van der Waals surface area contributed by atoms with Crippen LogP contribution in [0.15, 0.2) is 6.20 Å². The van der Waals surface area contributed by atoms with Crippen molar-refractivity contribution in [3.05, 3.63) is 11.9 Å². The number of hydrogen-bond donors (Lipinski definition) is 1. The minimum atomic E-state index is 0.351. The van der Waals surface area contributed by atoms with Crippen molar-refractivity contribution in [1.82, 2.24) is 15.0 Å². The van der Waals surface area contributed by atoms with Gasteiger partial charge < -0.3 is 5.73 Å². The lowest BCUT2D eigenvalue weighted by Gasteiger charge is -2.17. The highest BCUT2D eigenvalue weighted by atomic mass is 15.4. The van der Waals surface area contributed by atoms with E-state index in [0.29, 0.717) is 5.41 Å². The molecule has 4 nitrogen and oxygen atoms in total. The highest BCUT2D eigenvalue weighted by molar-refractivity contribution is 4.92. The first-order valence-corrected chi connectivity index (χ1v) is 5.60. The lowest BCUT2D eigenvalue weighted by molar-refractivity contribution is 0.339. The molecule has 0 spiro atoms. The lowest BCUT2D eigenvalue weighted by Crippen LogP contribution is -2.10. The SMILES string of the molecule is CC(C)(C)CCn1cc(CCCN)nn1. The summed E-state index contributed by atoms with van der Waals surface area (Å²) in [6.45, 7) is 8.37. The van der Waals surface area contributed by atoms with Crippen molar-refractivity contribution in [2.24, 2.45) is 11.1 Å². The smallest absolute Gasteiger partial charge is 0.0827 e. The largest absolute Gasteiger partial charge is 0.330 e. The fraction of sp³-hybridized carbons (Fsp3) is 0.818. The Morgan fingerprint density at radius 3 is 2.73 bits per heavy atom. The van der Waals surface area contributed by atoms with Gasteiger partial charge in [-0.15, -0.1) is 5.10 Å². The summed E-state index contributed by atoms with van der Waals surface area (Å²) in [5.74, 6) is 0. The van der Waals surface area contributed by atoms with Crippen LogP contribution in [0.4, 0.5) is 0 Å². The van der Waals surface area contributed by atoms with Crippen LogP contribution < -0.4 is 5.73 Å². The lowest BCUT2D eigenvalue weighted by atomic mass is 9.92. The van der Waals surface area contributed by atoms with Gasteiger partial charge in [0.2, 0.25) is 0 Å². The molecule has 86 valence electrons. The summed E-state index contributed by atoms with van der Waals surface area (Å²) in [4.78, 5) is 0. The molecule has 0 saturated carbocycles. The zero-order chi connectivity index (χ0) is 11.3. The number of aryl methyl sites for hydroxylation is 2. The predicted octanol–water partition coefficient (Wildman–Crippen LogP) is 1.61. The molecule has 0 fully saturated rings. The molecule has 1 aromatic rings. The molecule has 0 radical (unpaired) electrons. The molecule has 1 heterocycles. The van der Waals surface area contributed by atoms with Gasteiger partial charge in [0.1, 0.15) is 0 Å². The Kier molecular flexibility index (Phi) is 4.27. The second-order valence-electron chi connectivity index (χ2n) is 5.18. The summed E-state index contributed by atoms with van der Waals surface area (Å²) in [7, 11) is 0. The maximum Gasteiger partial charge on any atom is 0.0827 e. The Labute approximate surface area is 91.9 Å². The van der Waals surface area contributed by atoms with Crippen LogP contribution >= 0.6 is 0 Å². The number of aromatic nitrogens is 3. The Morgan fingerprint density at radius 1 is 1.40 bits per heavy atom. The summed E-state index contributed by atoms with van der Waals surface area (Å²) in [5.41, 5.74) is 6.84. The molecule has 0 aliphatic heterocycles. The van der Waals surface area contributed by atoms with Crippen molar-refractivity contribution < 1.29 is 0 Å². The van der Waals surface area contributed by atoms with Gasteiger partial charge in [-0.2, -0.15) is 0 Å². The first-order valence-electron chi connectivity index (χ1n) is 5.60. The molecule has 0 unspecified atom stereocenters. The number of nitrogens with zero attached hydrogens (tertiary/aromatic N) is 3. The Morgan fingerprint density at radius 2 is 2.13 bits per heavy atom. The minimum Gasteiger partial charge on any atom is -0.330 e. The van der Waals surface area contributed by atoms with Gasteiger partial charge in [-0.1, -0.05) is 26.0 Å². The molecule has 0 bridgehead atoms. The zero-order valence-corrected chi connectivity index (χ0v) is 10.0. The minimum absolute atomic E-state index is 0.351. The monoisotopic (exact) mass is 210 g/mol. The van der Waals surface area contributed by atoms with E-state index in [9.17, 15) is 0 Å². The van der Waals surface area contributed by atoms with Crippen molar-refractivity contribution in [2.75, 3.05) is 6.54 Å². The number of rotatable bonds is 5. The molecule has 0 aliphatic carbocycles. The maximum atomic E-state index is 5.44. The van der Waals surface area contributed by atoms with Crippen LogP contribution in [0.1, 0.15) is 39.3 Å². The van der Waals surface area contributed by atoms with Gasteiger partial charge in [0.25, 0.3) is 0 Å². The van der Waals surface area contributed by atoms with E-state index in [4.69, 9.17) is 5.73 Å². The van der Waals surface area contributed by atoms with Gasteiger partial charge in [-0.25, -0.2) is 0 Å². The fourth-order valence-corrected chi connectivity index (χ4v) is 1.30. The molecule has 4 heteroatoms. The van der Waals surface area contributed by atoms with Crippen molar-refractivity contribution in [3.63, 3.8) is 0 Å². The van der Waals surface area contributed by atoms with Crippen LogP contribution in [0.2, 0.25) is 0 Å². The molecule has 1 rings (SSSR count). The summed E-state index contributed by atoms with van der Waals surface area (Å²) >= 11 is 0. The summed E-state index contributed by atoms with van der Waals surface area (Å²) in [6, 6.07) is 0. The molecule has 0 amide bonds. The average molecular weight is 210 g/mol. The van der Waals surface area contributed by atoms with Gasteiger partial charge in [-0.05, 0) is 31.2 Å². The van der Waals surface area contributed by atoms with Crippen molar-refractivity contribution in [3.8, 4) is 0 Å². The van der Waals surface area contributed by atoms with Gasteiger partial charge in [0, 0.05) is 12.7 Å². The van der Waals surface area contributed by atoms with Gasteiger partial charge >= 0.3 is 0 Å². The third-order valence-corrected chi connectivity index (χ3v) is 2.31. The first-order chi connectivity index (χ1) is 7.01. The third kappa shape index (κ3) is 4.93. The average Bonchev–Trinajstić information content (AvgIpc) is 2.58. The highest BCUT2D eigenvalue weighted by Crippen LogP contribution is 2.18. The van der Waals surface area contributed by atoms with Gasteiger partial charge in [0.05, 0.1) is 5.69 Å². The summed E-state index contributed by atoms with van der Waals surface area (Å²) in [6.07, 6.45) is 5.07. The van der Waals surface area contributed by atoms with Gasteiger partial charge in [-0.3, -0.25) is 4.68 Å². The molecular weight excluding hydrogens is 188 g/mol. The van der Waals surface area contributed by atoms with E-state index in [2.05, 4.69) is 31.1 Å². The Balaban J connectivity index is 2.39. The van der Waals surface area contributed by atoms with Crippen LogP contribution in [0.5, 0.6) is 0 Å². The molecule has 1 aromatic heterocycles. The predicted molar refractivity (Wildman–Crippen MR) is 61.5 cm³/mol. The van der Waals surface area contributed by atoms with E-state index in [1.807, 2.05) is 10.9 Å². The molecule has 0 atom stereocenters. The third-order valence-electron chi connectivity index (χ3n) is 2.31. The van der Waals surface area contributed by atoms with E-state index in [-0.39, 0.29) is 0 Å². The molecule has 0 aromatic carbocycles. The quantitative estimate of drug-likeness (QED) is 0.803. The molecule has 2 N–H and O–H groups in total. The van der Waals surface area contributed by atoms with Crippen LogP contribution in [-0.4, -0.2) is 21.5 Å². The standard InChI is InChI=1S/C11H22N4/c1-11(2,3)6-8-15-9-10(13-14-15)5-4-7-12/h9H,4-8,12H2,1-3H3. The second-order valence-corrected chi connectivity index (χ2v) is 5.18. The van der Waals surface area contributed by atoms with Crippen LogP contribution in [0, 0.1) is 5.41 Å². The normalized spacial score (nSPS) is 12.0. The van der Waals surface area contributed by atoms with E-state index in [1.54, 1.807) is 0 Å². The summed E-state index contributed by atoms with van der Waals surface area (Å²) < 4.78 is 1.93. The topological polar surface area (TPSA) is 56.7 Å². The molecule has 15 heavy (non-hydrogen) atoms. The van der Waals surface area contributed by atoms with E-state index < -0.39 is 0 Å². The molecule has 0 saturated heterocycles. The second kappa shape index (κ2) is 5.26. The van der Waals surface area contributed by atoms with Crippen molar-refractivity contribution >= 4 is 0 Å². The van der Waals surface area contributed by atoms with E-state index in [1.165, 1.54) is 0 Å². The first kappa shape index (κ1) is 12.2. The zero-order valence-electron chi connectivity index (χ0n) is 10.0. The molecular formula is C11H22N4. The Bertz CT molecular complexity index is 285. The van der Waals surface area contributed by atoms with Gasteiger partial charge in [0.15, 0.2) is 0 Å². The van der Waals surface area contributed by atoms with Crippen LogP contribution in [0.3, 0.4) is 0 Å². The van der Waals surface area contributed by atoms with Crippen molar-refractivity contribution in [2.45, 2.75) is 46.6 Å². The van der Waals surface area contributed by atoms with Crippen LogP contribution in [0.25, 0.3) is 0 Å². The van der Waals surface area contributed by atoms with Crippen LogP contribution in [-0.2, 0) is 13.0 Å². The summed E-state index contributed by atoms with van der Waals surface area (Å²) in [5, 5.41) is 8.21. The van der Waals surface area contributed by atoms with E-state index in [0.717, 1.165) is 38.0 Å².